The first kappa shape index (κ1) is 18.6. The highest BCUT2D eigenvalue weighted by Crippen LogP contribution is 2.60. The van der Waals surface area contributed by atoms with Crippen LogP contribution in [0.25, 0.3) is 0 Å². The molecule has 4 rings (SSSR count). The van der Waals surface area contributed by atoms with Gasteiger partial charge in [-0.1, -0.05) is 44.0 Å². The first-order chi connectivity index (χ1) is 12.8. The van der Waals surface area contributed by atoms with Crippen LogP contribution in [0.4, 0.5) is 5.69 Å². The summed E-state index contributed by atoms with van der Waals surface area (Å²) < 4.78 is 0. The summed E-state index contributed by atoms with van der Waals surface area (Å²) in [6.45, 7) is -0.341. The van der Waals surface area contributed by atoms with Crippen LogP contribution in [-0.4, -0.2) is 44.8 Å². The minimum atomic E-state index is -1.31. The van der Waals surface area contributed by atoms with Gasteiger partial charge < -0.3 is 15.2 Å². The number of nitrogens with one attached hydrogen (secondary N) is 1. The van der Waals surface area contributed by atoms with E-state index in [4.69, 9.17) is 0 Å². The Labute approximate surface area is 171 Å². The Morgan fingerprint density at radius 2 is 1.56 bits per heavy atom. The van der Waals surface area contributed by atoms with E-state index < -0.39 is 11.9 Å². The van der Waals surface area contributed by atoms with Crippen LogP contribution >= 0.6 is 31.9 Å². The van der Waals surface area contributed by atoms with Gasteiger partial charge in [0, 0.05) is 15.3 Å². The highest BCUT2D eigenvalue weighted by Gasteiger charge is 2.66. The van der Waals surface area contributed by atoms with E-state index in [2.05, 4.69) is 37.2 Å². The van der Waals surface area contributed by atoms with Crippen LogP contribution in [0.5, 0.6) is 0 Å². The molecule has 0 radical (unpaired) electrons. The van der Waals surface area contributed by atoms with Crippen LogP contribution < -0.4 is 10.4 Å². The van der Waals surface area contributed by atoms with Gasteiger partial charge in [-0.25, -0.2) is 0 Å². The fourth-order valence-electron chi connectivity index (χ4n) is 4.60. The maximum atomic E-state index is 12.8. The molecule has 1 aromatic rings. The number of alkyl halides is 2. The molecule has 3 fully saturated rings. The van der Waals surface area contributed by atoms with Crippen molar-refractivity contribution in [3.8, 4) is 0 Å². The Bertz CT molecular complexity index is 811. The van der Waals surface area contributed by atoms with Crippen LogP contribution in [0.1, 0.15) is 16.8 Å². The third kappa shape index (κ3) is 2.91. The minimum absolute atomic E-state index is 0.00477. The molecule has 0 unspecified atom stereocenters. The number of likely N-dealkylation sites (tertiary alicyclic amines) is 1. The van der Waals surface area contributed by atoms with Crippen molar-refractivity contribution < 1.29 is 24.3 Å². The molecule has 7 nitrogen and oxygen atoms in total. The van der Waals surface area contributed by atoms with E-state index in [1.54, 1.807) is 0 Å². The fourth-order valence-corrected chi connectivity index (χ4v) is 6.47. The lowest BCUT2D eigenvalue weighted by Gasteiger charge is -2.28. The van der Waals surface area contributed by atoms with Gasteiger partial charge in [0.2, 0.25) is 17.7 Å². The van der Waals surface area contributed by atoms with Gasteiger partial charge in [0.05, 0.1) is 17.8 Å². The number of amides is 3. The standard InChI is InChI=1S/C18H16Br2N2O5/c19-14-9-5-10(15(14)20)13-12(9)16(24)22(17(13)25)6-11(23)21-8-3-1-7(2-4-8)18(26)27/h1-4,9-10,12-15H,5-6H2,(H,21,23)(H,26,27)/p-1/t9-,10+,12+,13-,14+,15-. The third-order valence-electron chi connectivity index (χ3n) is 5.78. The molecule has 9 heteroatoms. The van der Waals surface area contributed by atoms with Crippen molar-refractivity contribution in [1.29, 1.82) is 0 Å². The SMILES string of the molecule is O=C(CN1C(=O)[C@@H]2[C@@H]3C[C@@H]([C@H](Br)[C@@H]3Br)[C@@H]2C1=O)Nc1ccc(C(=O)[O-])cc1. The molecule has 27 heavy (non-hydrogen) atoms. The molecule has 1 saturated heterocycles. The van der Waals surface area contributed by atoms with Crippen molar-refractivity contribution >= 4 is 61.2 Å². The monoisotopic (exact) mass is 497 g/mol. The number of fused-ring (bicyclic) bond motifs is 5. The van der Waals surface area contributed by atoms with Gasteiger partial charge in [0.1, 0.15) is 6.54 Å². The summed E-state index contributed by atoms with van der Waals surface area (Å²) in [5.74, 6) is -2.86. The number of hydrogen-bond acceptors (Lipinski definition) is 5. The highest BCUT2D eigenvalue weighted by atomic mass is 79.9. The van der Waals surface area contributed by atoms with Crippen LogP contribution in [-0.2, 0) is 14.4 Å². The lowest BCUT2D eigenvalue weighted by atomic mass is 9.81. The first-order valence-electron chi connectivity index (χ1n) is 8.54. The molecular weight excluding hydrogens is 484 g/mol. The van der Waals surface area contributed by atoms with E-state index in [1.807, 2.05) is 0 Å². The molecule has 2 aliphatic carbocycles. The number of nitrogens with zero attached hydrogens (tertiary/aromatic N) is 1. The van der Waals surface area contributed by atoms with Gasteiger partial charge in [0.15, 0.2) is 0 Å². The summed E-state index contributed by atoms with van der Waals surface area (Å²) >= 11 is 7.24. The van der Waals surface area contributed by atoms with Crippen LogP contribution in [0.15, 0.2) is 24.3 Å². The van der Waals surface area contributed by atoms with Crippen LogP contribution in [0, 0.1) is 23.7 Å². The van der Waals surface area contributed by atoms with Crippen molar-refractivity contribution in [2.45, 2.75) is 16.1 Å². The summed E-state index contributed by atoms with van der Waals surface area (Å²) in [5, 5.41) is 13.3. The number of aromatic carboxylic acids is 1. The number of hydrogen-bond donors (Lipinski definition) is 1. The fraction of sp³-hybridized carbons (Fsp3) is 0.444. The van der Waals surface area contributed by atoms with Crippen molar-refractivity contribution in [2.24, 2.45) is 23.7 Å². The van der Waals surface area contributed by atoms with E-state index in [0.717, 1.165) is 11.3 Å². The number of halogens is 2. The molecule has 0 spiro atoms. The predicted octanol–water partition coefficient (Wildman–Crippen LogP) is 0.766. The lowest BCUT2D eigenvalue weighted by Crippen LogP contribution is -2.39. The Morgan fingerprint density at radius 3 is 2.04 bits per heavy atom. The van der Waals surface area contributed by atoms with E-state index >= 15 is 0 Å². The molecular formula is C18H15Br2N2O5-. The molecule has 6 atom stereocenters. The summed E-state index contributed by atoms with van der Waals surface area (Å²) in [4.78, 5) is 49.9. The van der Waals surface area contributed by atoms with Gasteiger partial charge in [-0.15, -0.1) is 0 Å². The number of rotatable bonds is 4. The smallest absolute Gasteiger partial charge is 0.244 e. The second-order valence-corrected chi connectivity index (χ2v) is 9.29. The minimum Gasteiger partial charge on any atom is -0.545 e. The number of anilines is 1. The topological polar surface area (TPSA) is 107 Å². The number of benzene rings is 1. The number of carbonyl (C=O) groups is 4. The first-order valence-corrected chi connectivity index (χ1v) is 10.4. The Morgan fingerprint density at radius 1 is 1.04 bits per heavy atom. The number of carboxylic acid groups (broad SMARTS) is 1. The highest BCUT2D eigenvalue weighted by molar-refractivity contribution is 9.12. The lowest BCUT2D eigenvalue weighted by molar-refractivity contribution is -0.255. The van der Waals surface area contributed by atoms with E-state index in [0.29, 0.717) is 5.69 Å². The summed E-state index contributed by atoms with van der Waals surface area (Å²) in [6, 6.07) is 5.48. The number of carboxylic acids is 1. The van der Waals surface area contributed by atoms with Gasteiger partial charge in [0.25, 0.3) is 0 Å². The second-order valence-electron chi connectivity index (χ2n) is 7.18. The molecule has 1 aliphatic heterocycles. The molecule has 0 aromatic heterocycles. The van der Waals surface area contributed by atoms with Gasteiger partial charge in [-0.2, -0.15) is 0 Å². The van der Waals surface area contributed by atoms with E-state index in [-0.39, 0.29) is 57.2 Å². The van der Waals surface area contributed by atoms with Gasteiger partial charge in [-0.05, 0) is 36.0 Å². The van der Waals surface area contributed by atoms with Crippen molar-refractivity contribution in [3.63, 3.8) is 0 Å². The number of imide groups is 1. The number of carbonyl (C=O) groups excluding carboxylic acids is 4. The molecule has 3 amide bonds. The molecule has 3 aliphatic rings. The maximum absolute atomic E-state index is 12.8. The molecule has 1 N–H and O–H groups in total. The summed E-state index contributed by atoms with van der Waals surface area (Å²) in [7, 11) is 0. The Balaban J connectivity index is 1.44. The van der Waals surface area contributed by atoms with E-state index in [1.165, 1.54) is 24.3 Å². The third-order valence-corrected chi connectivity index (χ3v) is 8.99. The van der Waals surface area contributed by atoms with E-state index in [9.17, 15) is 24.3 Å². The largest absolute Gasteiger partial charge is 0.545 e. The molecule has 2 bridgehead atoms. The average molecular weight is 499 g/mol. The summed E-state index contributed by atoms with van der Waals surface area (Å²) in [6.07, 6.45) is 0.837. The average Bonchev–Trinajstić information content (AvgIpc) is 3.23. The van der Waals surface area contributed by atoms with Crippen molar-refractivity contribution in [2.75, 3.05) is 11.9 Å². The maximum Gasteiger partial charge on any atom is 0.244 e. The van der Waals surface area contributed by atoms with Crippen LogP contribution in [0.3, 0.4) is 0 Å². The molecule has 1 heterocycles. The zero-order valence-corrected chi connectivity index (χ0v) is 17.1. The molecule has 2 saturated carbocycles. The predicted molar refractivity (Wildman–Crippen MR) is 100 cm³/mol. The van der Waals surface area contributed by atoms with Crippen LogP contribution in [0.2, 0.25) is 0 Å². The van der Waals surface area contributed by atoms with Gasteiger partial charge >= 0.3 is 0 Å². The van der Waals surface area contributed by atoms with Gasteiger partial charge in [-0.3, -0.25) is 19.3 Å². The zero-order valence-electron chi connectivity index (χ0n) is 13.9. The molecule has 1 aromatic carbocycles. The Kier molecular flexibility index (Phi) is 4.62. The van der Waals surface area contributed by atoms with Crippen molar-refractivity contribution in [3.05, 3.63) is 29.8 Å². The Hall–Kier alpha value is -1.74. The molecule has 142 valence electrons. The normalized spacial score (nSPS) is 34.1. The van der Waals surface area contributed by atoms with Crippen molar-refractivity contribution in [1.82, 2.24) is 4.90 Å². The second kappa shape index (κ2) is 6.70. The summed E-state index contributed by atoms with van der Waals surface area (Å²) in [5.41, 5.74) is 0.375. The zero-order chi connectivity index (χ0) is 19.5. The quantitative estimate of drug-likeness (QED) is 0.487.